The molecule has 1 aliphatic carbocycles. The molecule has 0 saturated heterocycles. The molecule has 0 aromatic heterocycles. The molecule has 0 aliphatic heterocycles. The van der Waals surface area contributed by atoms with Gasteiger partial charge in [0.25, 0.3) is 0 Å². The Balaban J connectivity index is 0.000000170. The van der Waals surface area contributed by atoms with Crippen molar-refractivity contribution in [1.82, 2.24) is 0 Å². The van der Waals surface area contributed by atoms with Crippen LogP contribution >= 0.6 is 0 Å². The molecule has 0 amide bonds. The quantitative estimate of drug-likeness (QED) is 0.193. The summed E-state index contributed by atoms with van der Waals surface area (Å²) in [4.78, 5) is 0. The van der Waals surface area contributed by atoms with Gasteiger partial charge in [0.1, 0.15) is 0 Å². The van der Waals surface area contributed by atoms with Crippen LogP contribution in [0.25, 0.3) is 38.3 Å². The Morgan fingerprint density at radius 3 is 1.43 bits per heavy atom. The van der Waals surface area contributed by atoms with Gasteiger partial charge in [0.2, 0.25) is 0 Å². The first-order valence-electron chi connectivity index (χ1n) is 12.4. The summed E-state index contributed by atoms with van der Waals surface area (Å²) < 4.78 is 0. The second-order valence-electron chi connectivity index (χ2n) is 9.00. The third-order valence-electron chi connectivity index (χ3n) is 6.76. The molecule has 0 unspecified atom stereocenters. The summed E-state index contributed by atoms with van der Waals surface area (Å²) in [5, 5.41) is 5.39. The SMILES string of the molecule is [C-]1=C(c2ccccc2)C(c2ccccc2)=C(c2ccccc2)C1.[Zr+2].c1ccc2c(c1)[cH-]c1ccccc12. The van der Waals surface area contributed by atoms with Gasteiger partial charge in [-0.05, 0) is 5.56 Å². The van der Waals surface area contributed by atoms with Gasteiger partial charge in [0.05, 0.1) is 0 Å². The van der Waals surface area contributed by atoms with E-state index in [1.54, 1.807) is 0 Å². The number of fused-ring (bicyclic) bond motifs is 3. The van der Waals surface area contributed by atoms with Crippen molar-refractivity contribution in [2.24, 2.45) is 0 Å². The summed E-state index contributed by atoms with van der Waals surface area (Å²) >= 11 is 0. The minimum atomic E-state index is 0. The molecule has 1 heteroatoms. The number of hydrogen-bond donors (Lipinski definition) is 0. The van der Waals surface area contributed by atoms with Crippen LogP contribution in [0.3, 0.4) is 0 Å². The summed E-state index contributed by atoms with van der Waals surface area (Å²) in [6.07, 6.45) is 4.47. The van der Waals surface area contributed by atoms with E-state index in [0.717, 1.165) is 6.42 Å². The van der Waals surface area contributed by atoms with Crippen LogP contribution in [0.15, 0.2) is 146 Å². The molecule has 37 heavy (non-hydrogen) atoms. The topological polar surface area (TPSA) is 0 Å². The normalized spacial score (nSPS) is 12.6. The summed E-state index contributed by atoms with van der Waals surface area (Å²) in [5.41, 5.74) is 7.66. The molecule has 0 N–H and O–H groups in total. The minimum Gasteiger partial charge on any atom is -0.196 e. The first-order valence-corrected chi connectivity index (χ1v) is 12.4. The molecule has 174 valence electrons. The number of benzene rings is 5. The van der Waals surface area contributed by atoms with Crippen molar-refractivity contribution in [3.05, 3.63) is 168 Å². The van der Waals surface area contributed by atoms with Crippen LogP contribution in [0.4, 0.5) is 0 Å². The summed E-state index contributed by atoms with van der Waals surface area (Å²) in [6, 6.07) is 51.1. The van der Waals surface area contributed by atoms with Crippen molar-refractivity contribution in [3.8, 4) is 0 Å². The van der Waals surface area contributed by atoms with Crippen LogP contribution in [0.1, 0.15) is 23.1 Å². The minimum absolute atomic E-state index is 0. The molecule has 0 fully saturated rings. The van der Waals surface area contributed by atoms with Gasteiger partial charge < -0.3 is 0 Å². The van der Waals surface area contributed by atoms with Gasteiger partial charge in [-0.1, -0.05) is 133 Å². The van der Waals surface area contributed by atoms with Crippen molar-refractivity contribution >= 4 is 38.3 Å². The van der Waals surface area contributed by atoms with E-state index >= 15 is 0 Å². The third-order valence-corrected chi connectivity index (χ3v) is 6.76. The molecule has 7 rings (SSSR count). The molecular weight excluding hydrogens is 524 g/mol. The molecule has 0 nitrogen and oxygen atoms in total. The zero-order valence-corrected chi connectivity index (χ0v) is 23.0. The van der Waals surface area contributed by atoms with Crippen LogP contribution < -0.4 is 0 Å². The molecule has 0 spiro atoms. The molecule has 0 saturated carbocycles. The van der Waals surface area contributed by atoms with Crippen molar-refractivity contribution in [1.29, 1.82) is 0 Å². The van der Waals surface area contributed by atoms with Crippen LogP contribution in [-0.2, 0) is 26.2 Å². The molecule has 0 atom stereocenters. The predicted molar refractivity (Wildman–Crippen MR) is 154 cm³/mol. The second kappa shape index (κ2) is 11.6. The van der Waals surface area contributed by atoms with Gasteiger partial charge in [0.15, 0.2) is 0 Å². The predicted octanol–water partition coefficient (Wildman–Crippen LogP) is 9.60. The van der Waals surface area contributed by atoms with E-state index in [0.29, 0.717) is 0 Å². The third kappa shape index (κ3) is 5.24. The Morgan fingerprint density at radius 1 is 0.459 bits per heavy atom. The van der Waals surface area contributed by atoms with E-state index in [9.17, 15) is 0 Å². The van der Waals surface area contributed by atoms with Gasteiger partial charge in [-0.25, -0.2) is 0 Å². The molecule has 1 aliphatic rings. The van der Waals surface area contributed by atoms with E-state index in [1.807, 2.05) is 0 Å². The van der Waals surface area contributed by atoms with Gasteiger partial charge >= 0.3 is 26.2 Å². The Morgan fingerprint density at radius 2 is 0.892 bits per heavy atom. The fraction of sp³-hybridized carbons (Fsp3) is 0.0278. The standard InChI is InChI=1S/C23H17.C13H9.Zr/c1-4-10-18(11-5-1)21-16-17-22(19-12-6-2-7-13-19)23(21)20-14-8-3-9-15-20;1-3-7-12-10(5-1)9-11-6-2-4-8-13(11)12;/h1-15H,16H2;1-9H;/q2*-1;+2. The first-order chi connectivity index (χ1) is 17.9. The summed E-state index contributed by atoms with van der Waals surface area (Å²) in [5.74, 6) is 0. The van der Waals surface area contributed by atoms with Crippen molar-refractivity contribution in [2.75, 3.05) is 0 Å². The van der Waals surface area contributed by atoms with Crippen LogP contribution in [0, 0.1) is 6.08 Å². The summed E-state index contributed by atoms with van der Waals surface area (Å²) in [7, 11) is 0. The van der Waals surface area contributed by atoms with E-state index < -0.39 is 0 Å². The van der Waals surface area contributed by atoms with E-state index in [1.165, 1.54) is 55.0 Å². The number of allylic oxidation sites excluding steroid dienone is 4. The zero-order valence-electron chi connectivity index (χ0n) is 20.6. The fourth-order valence-corrected chi connectivity index (χ4v) is 5.07. The monoisotopic (exact) mass is 548 g/mol. The number of hydrogen-bond acceptors (Lipinski definition) is 0. The maximum absolute atomic E-state index is 3.61. The van der Waals surface area contributed by atoms with Crippen LogP contribution in [-0.4, -0.2) is 0 Å². The van der Waals surface area contributed by atoms with Crippen LogP contribution in [0.2, 0.25) is 0 Å². The Labute approximate surface area is 238 Å². The average Bonchev–Trinajstić information content (AvgIpc) is 3.57. The van der Waals surface area contributed by atoms with Crippen LogP contribution in [0.5, 0.6) is 0 Å². The van der Waals surface area contributed by atoms with Gasteiger partial charge in [-0.2, -0.15) is 11.6 Å². The first kappa shape index (κ1) is 25.0. The van der Waals surface area contributed by atoms with Crippen molar-refractivity contribution in [2.45, 2.75) is 6.42 Å². The fourth-order valence-electron chi connectivity index (χ4n) is 5.07. The largest absolute Gasteiger partial charge is 2.00 e. The van der Waals surface area contributed by atoms with E-state index in [4.69, 9.17) is 0 Å². The molecule has 6 aromatic rings. The molecule has 0 bridgehead atoms. The van der Waals surface area contributed by atoms with Crippen molar-refractivity contribution < 1.29 is 26.2 Å². The molecule has 6 aromatic carbocycles. The molecular formula is C36H26Zr. The number of rotatable bonds is 3. The van der Waals surface area contributed by atoms with E-state index in [2.05, 4.69) is 152 Å². The van der Waals surface area contributed by atoms with Gasteiger partial charge in [-0.15, -0.1) is 63.0 Å². The molecule has 0 radical (unpaired) electrons. The maximum atomic E-state index is 3.61. The Kier molecular flexibility index (Phi) is 7.83. The van der Waals surface area contributed by atoms with E-state index in [-0.39, 0.29) is 26.2 Å². The maximum Gasteiger partial charge on any atom is 2.00 e. The summed E-state index contributed by atoms with van der Waals surface area (Å²) in [6.45, 7) is 0. The average molecular weight is 550 g/mol. The zero-order chi connectivity index (χ0) is 24.2. The Hall–Kier alpha value is -3.67. The van der Waals surface area contributed by atoms with Gasteiger partial charge in [-0.3, -0.25) is 0 Å². The Bertz CT molecular complexity index is 1620. The molecule has 0 heterocycles. The second-order valence-corrected chi connectivity index (χ2v) is 9.00. The van der Waals surface area contributed by atoms with Crippen molar-refractivity contribution in [3.63, 3.8) is 0 Å². The van der Waals surface area contributed by atoms with Gasteiger partial charge in [0, 0.05) is 0 Å². The smallest absolute Gasteiger partial charge is 0.196 e.